The number of nitrogens with zero attached hydrogens (tertiary/aromatic N) is 5. The first-order valence-corrected chi connectivity index (χ1v) is 8.22. The summed E-state index contributed by atoms with van der Waals surface area (Å²) in [6.07, 6.45) is 4.58. The number of aryl methyl sites for hydroxylation is 1. The number of hydrogen-bond donors (Lipinski definition) is 4. The van der Waals surface area contributed by atoms with Crippen molar-refractivity contribution in [3.8, 4) is 0 Å². The van der Waals surface area contributed by atoms with E-state index in [2.05, 4.69) is 26.1 Å². The largest absolute Gasteiger partial charge is 0.434 e. The van der Waals surface area contributed by atoms with Gasteiger partial charge >= 0.3 is 5.95 Å². The van der Waals surface area contributed by atoms with Crippen molar-refractivity contribution in [3.05, 3.63) is 22.5 Å². The number of nitro groups is 1. The third-order valence-corrected chi connectivity index (χ3v) is 3.50. The molecular weight excluding hydrogens is 346 g/mol. The zero-order chi connectivity index (χ0) is 19.2. The molecule has 1 aromatic heterocycles. The van der Waals surface area contributed by atoms with Gasteiger partial charge in [-0.1, -0.05) is 22.2 Å². The third-order valence-electron chi connectivity index (χ3n) is 3.50. The van der Waals surface area contributed by atoms with E-state index >= 15 is 0 Å². The van der Waals surface area contributed by atoms with Gasteiger partial charge in [0.25, 0.3) is 0 Å². The van der Waals surface area contributed by atoms with E-state index in [0.717, 1.165) is 0 Å². The molecule has 4 N–H and O–H groups in total. The number of rotatable bonds is 14. The number of hydrogen-bond acceptors (Lipinski definition) is 10. The van der Waals surface area contributed by atoms with Gasteiger partial charge in [-0.2, -0.15) is 5.48 Å². The van der Waals surface area contributed by atoms with E-state index in [4.69, 9.17) is 15.3 Å². The summed E-state index contributed by atoms with van der Waals surface area (Å²) in [5.41, 5.74) is 3.82. The monoisotopic (exact) mass is 371 g/mol. The maximum atomic E-state index is 10.8. The van der Waals surface area contributed by atoms with Crippen molar-refractivity contribution >= 4 is 17.4 Å². The first kappa shape index (κ1) is 21.5. The van der Waals surface area contributed by atoms with Crippen molar-refractivity contribution in [1.82, 2.24) is 20.3 Å². The molecule has 0 atom stereocenters. The molecule has 0 aliphatic rings. The maximum Gasteiger partial charge on any atom is 0.434 e. The smallest absolute Gasteiger partial charge is 0.411 e. The number of aromatic nitrogens is 2. The summed E-state index contributed by atoms with van der Waals surface area (Å²) in [6, 6.07) is 0. The number of imidazole rings is 1. The van der Waals surface area contributed by atoms with Gasteiger partial charge in [-0.3, -0.25) is 0 Å². The first-order chi connectivity index (χ1) is 12.6. The van der Waals surface area contributed by atoms with Crippen LogP contribution in [0, 0.1) is 10.1 Å². The molecule has 0 bridgehead atoms. The van der Waals surface area contributed by atoms with Crippen molar-refractivity contribution < 1.29 is 20.2 Å². The third kappa shape index (κ3) is 8.00. The van der Waals surface area contributed by atoms with Crippen molar-refractivity contribution in [1.29, 1.82) is 0 Å². The lowest BCUT2D eigenvalue weighted by Crippen LogP contribution is -2.30. The van der Waals surface area contributed by atoms with Gasteiger partial charge in [-0.15, -0.1) is 0 Å². The van der Waals surface area contributed by atoms with Crippen LogP contribution in [0.5, 0.6) is 0 Å². The summed E-state index contributed by atoms with van der Waals surface area (Å²) in [7, 11) is 0. The standard InChI is InChI=1S/C14H25N7O5/c1-2-12(18-22)10-15-6-9-26-17-11-13(19-23)4-3-7-20-8-5-16-14(20)21(24)25/h5,8,15,17,22-23H,2-4,6-7,9-11H2,1H3. The highest BCUT2D eigenvalue weighted by Gasteiger charge is 2.13. The molecule has 26 heavy (non-hydrogen) atoms. The Morgan fingerprint density at radius 2 is 2.15 bits per heavy atom. The normalized spacial score (nSPS) is 12.5. The molecule has 0 radical (unpaired) electrons. The van der Waals surface area contributed by atoms with Crippen molar-refractivity contribution in [2.75, 3.05) is 26.2 Å². The molecular formula is C14H25N7O5. The molecule has 0 saturated carbocycles. The minimum absolute atomic E-state index is 0.209. The molecule has 1 rings (SSSR count). The van der Waals surface area contributed by atoms with Crippen molar-refractivity contribution in [2.24, 2.45) is 10.3 Å². The summed E-state index contributed by atoms with van der Waals surface area (Å²) < 4.78 is 1.44. The topological polar surface area (TPSA) is 159 Å². The van der Waals surface area contributed by atoms with E-state index < -0.39 is 4.92 Å². The molecule has 12 heteroatoms. The van der Waals surface area contributed by atoms with Gasteiger partial charge in [-0.05, 0) is 24.2 Å². The molecule has 0 amide bonds. The van der Waals surface area contributed by atoms with Crippen LogP contribution in [0.3, 0.4) is 0 Å². The molecule has 0 unspecified atom stereocenters. The summed E-state index contributed by atoms with van der Waals surface area (Å²) in [5.74, 6) is -0.209. The van der Waals surface area contributed by atoms with Crippen LogP contribution in [0.4, 0.5) is 5.95 Å². The zero-order valence-electron chi connectivity index (χ0n) is 14.7. The van der Waals surface area contributed by atoms with Crippen LogP contribution in [0.2, 0.25) is 0 Å². The van der Waals surface area contributed by atoms with Gasteiger partial charge in [0.1, 0.15) is 12.4 Å². The van der Waals surface area contributed by atoms with E-state index in [1.165, 1.54) is 17.0 Å². The van der Waals surface area contributed by atoms with Gasteiger partial charge in [0.15, 0.2) is 0 Å². The fourth-order valence-electron chi connectivity index (χ4n) is 2.07. The average Bonchev–Trinajstić information content (AvgIpc) is 3.11. The van der Waals surface area contributed by atoms with Crippen LogP contribution < -0.4 is 10.8 Å². The van der Waals surface area contributed by atoms with Gasteiger partial charge in [-0.25, -0.2) is 4.57 Å². The van der Waals surface area contributed by atoms with Crippen LogP contribution in [0.25, 0.3) is 0 Å². The predicted molar refractivity (Wildman–Crippen MR) is 93.7 cm³/mol. The SMILES string of the molecule is CCC(CNCCONCC(CCCn1ccnc1[N+](=O)[O-])=NO)=NO. The van der Waals surface area contributed by atoms with Crippen molar-refractivity contribution in [2.45, 2.75) is 32.7 Å². The number of oxime groups is 2. The second kappa shape index (κ2) is 12.7. The van der Waals surface area contributed by atoms with Crippen LogP contribution in [-0.4, -0.2) is 62.6 Å². The summed E-state index contributed by atoms with van der Waals surface area (Å²) in [4.78, 5) is 19.1. The van der Waals surface area contributed by atoms with E-state index in [0.29, 0.717) is 56.9 Å². The highest BCUT2D eigenvalue weighted by Crippen LogP contribution is 2.09. The lowest BCUT2D eigenvalue weighted by Gasteiger charge is -2.08. The summed E-state index contributed by atoms with van der Waals surface area (Å²) in [5, 5.41) is 37.8. The van der Waals surface area contributed by atoms with Gasteiger partial charge in [0.2, 0.25) is 0 Å². The molecule has 0 fully saturated rings. The van der Waals surface area contributed by atoms with Crippen LogP contribution in [-0.2, 0) is 11.4 Å². The van der Waals surface area contributed by atoms with E-state index in [1.807, 2.05) is 6.92 Å². The molecule has 0 spiro atoms. The predicted octanol–water partition coefficient (Wildman–Crippen LogP) is 0.753. The van der Waals surface area contributed by atoms with Gasteiger partial charge < -0.3 is 30.7 Å². The quantitative estimate of drug-likeness (QED) is 0.123. The molecule has 1 aromatic rings. The minimum Gasteiger partial charge on any atom is -0.411 e. The number of hydroxylamine groups is 1. The highest BCUT2D eigenvalue weighted by molar-refractivity contribution is 5.85. The van der Waals surface area contributed by atoms with Crippen LogP contribution in [0.1, 0.15) is 26.2 Å². The first-order valence-electron chi connectivity index (χ1n) is 8.22. The van der Waals surface area contributed by atoms with E-state index in [-0.39, 0.29) is 12.5 Å². The Morgan fingerprint density at radius 1 is 1.38 bits per heavy atom. The van der Waals surface area contributed by atoms with E-state index in [9.17, 15) is 10.1 Å². The molecule has 12 nitrogen and oxygen atoms in total. The lowest BCUT2D eigenvalue weighted by molar-refractivity contribution is -0.396. The fourth-order valence-corrected chi connectivity index (χ4v) is 2.07. The molecule has 0 saturated heterocycles. The van der Waals surface area contributed by atoms with Crippen molar-refractivity contribution in [3.63, 3.8) is 0 Å². The Labute approximate surface area is 150 Å². The summed E-state index contributed by atoms with van der Waals surface area (Å²) >= 11 is 0. The molecule has 0 aliphatic carbocycles. The summed E-state index contributed by atoms with van der Waals surface area (Å²) in [6.45, 7) is 3.95. The zero-order valence-corrected chi connectivity index (χ0v) is 14.7. The second-order valence-corrected chi connectivity index (χ2v) is 5.31. The van der Waals surface area contributed by atoms with Crippen LogP contribution >= 0.6 is 0 Å². The van der Waals surface area contributed by atoms with Gasteiger partial charge in [0.05, 0.1) is 31.1 Å². The molecule has 1 heterocycles. The minimum atomic E-state index is -0.541. The number of nitrogens with one attached hydrogen (secondary N) is 2. The Kier molecular flexibility index (Phi) is 10.5. The molecule has 0 aliphatic heterocycles. The van der Waals surface area contributed by atoms with Crippen LogP contribution in [0.15, 0.2) is 22.7 Å². The van der Waals surface area contributed by atoms with E-state index in [1.54, 1.807) is 0 Å². The lowest BCUT2D eigenvalue weighted by atomic mass is 10.2. The Bertz CT molecular complexity index is 602. The second-order valence-electron chi connectivity index (χ2n) is 5.31. The maximum absolute atomic E-state index is 10.8. The van der Waals surface area contributed by atoms with Gasteiger partial charge in [0, 0.05) is 13.1 Å². The Balaban J connectivity index is 2.14. The molecule has 0 aromatic carbocycles. The molecule has 146 valence electrons. The fraction of sp³-hybridized carbons (Fsp3) is 0.643. The highest BCUT2D eigenvalue weighted by atomic mass is 16.6. The Hall–Kier alpha value is -2.57. The Morgan fingerprint density at radius 3 is 2.81 bits per heavy atom. The average molecular weight is 371 g/mol.